The van der Waals surface area contributed by atoms with Gasteiger partial charge in [-0.3, -0.25) is 4.79 Å². The summed E-state index contributed by atoms with van der Waals surface area (Å²) in [6.07, 6.45) is 9.03. The summed E-state index contributed by atoms with van der Waals surface area (Å²) < 4.78 is 14.2. The summed E-state index contributed by atoms with van der Waals surface area (Å²) in [4.78, 5) is 24.2. The predicted molar refractivity (Wildman–Crippen MR) is 117 cm³/mol. The standard InChI is InChI=1S/C18H19ClFN5.C2H6.CH2O2/c1-10-3-2-4-12(5-10)24-18-15(20)9-23-17(25-18)14-8-22-16-13(14)6-11(19)7-21-16;1-2;2-1-3/h6-10,12H,2-5H2,1H3,(H,21,22)(H,23,24,25);1-2H3;1H,(H,2,3). The van der Waals surface area contributed by atoms with Gasteiger partial charge in [0.1, 0.15) is 5.65 Å². The van der Waals surface area contributed by atoms with Gasteiger partial charge in [-0.15, -0.1) is 0 Å². The monoisotopic (exact) mass is 435 g/mol. The van der Waals surface area contributed by atoms with Crippen molar-refractivity contribution in [1.82, 2.24) is 19.9 Å². The number of carbonyl (C=O) groups is 1. The minimum Gasteiger partial charge on any atom is -0.483 e. The topological polar surface area (TPSA) is 104 Å². The van der Waals surface area contributed by atoms with Crippen molar-refractivity contribution in [2.24, 2.45) is 5.92 Å². The molecule has 0 radical (unpaired) electrons. The molecule has 162 valence electrons. The third-order valence-electron chi connectivity index (χ3n) is 4.76. The third-order valence-corrected chi connectivity index (χ3v) is 4.97. The first-order chi connectivity index (χ1) is 14.5. The Morgan fingerprint density at radius 3 is 2.73 bits per heavy atom. The Bertz CT molecular complexity index is 966. The lowest BCUT2D eigenvalue weighted by atomic mass is 9.87. The fraction of sp³-hybridized carbons (Fsp3) is 0.429. The number of aromatic amines is 1. The van der Waals surface area contributed by atoms with Gasteiger partial charge in [-0.2, -0.15) is 0 Å². The number of anilines is 1. The van der Waals surface area contributed by atoms with E-state index in [4.69, 9.17) is 21.5 Å². The lowest BCUT2D eigenvalue weighted by Gasteiger charge is -2.28. The molecular weight excluding hydrogens is 409 g/mol. The van der Waals surface area contributed by atoms with Gasteiger partial charge in [-0.25, -0.2) is 19.3 Å². The smallest absolute Gasteiger partial charge is 0.290 e. The molecule has 3 aromatic heterocycles. The van der Waals surface area contributed by atoms with Crippen LogP contribution in [0.4, 0.5) is 10.2 Å². The van der Waals surface area contributed by atoms with Crippen LogP contribution >= 0.6 is 11.6 Å². The molecule has 0 bridgehead atoms. The number of fused-ring (bicyclic) bond motifs is 1. The Morgan fingerprint density at radius 2 is 2.03 bits per heavy atom. The van der Waals surface area contributed by atoms with E-state index < -0.39 is 5.82 Å². The Balaban J connectivity index is 0.000000590. The van der Waals surface area contributed by atoms with E-state index in [-0.39, 0.29) is 18.3 Å². The lowest BCUT2D eigenvalue weighted by Crippen LogP contribution is -2.27. The van der Waals surface area contributed by atoms with Gasteiger partial charge in [0.25, 0.3) is 6.47 Å². The maximum Gasteiger partial charge on any atom is 0.290 e. The minimum atomic E-state index is -0.432. The molecule has 0 aromatic carbocycles. The number of H-pyrrole nitrogens is 1. The van der Waals surface area contributed by atoms with Crippen LogP contribution < -0.4 is 5.32 Å². The highest BCUT2D eigenvalue weighted by molar-refractivity contribution is 6.31. The van der Waals surface area contributed by atoms with Crippen molar-refractivity contribution in [1.29, 1.82) is 0 Å². The average Bonchev–Trinajstić information content (AvgIpc) is 3.15. The second-order valence-corrected chi connectivity index (χ2v) is 7.30. The van der Waals surface area contributed by atoms with Gasteiger partial charge in [0.2, 0.25) is 0 Å². The number of rotatable bonds is 3. The van der Waals surface area contributed by atoms with Gasteiger partial charge in [-0.05, 0) is 24.8 Å². The zero-order valence-electron chi connectivity index (χ0n) is 17.3. The molecule has 7 nitrogen and oxygen atoms in total. The molecule has 0 aliphatic heterocycles. The highest BCUT2D eigenvalue weighted by Gasteiger charge is 2.21. The molecule has 3 aromatic rings. The highest BCUT2D eigenvalue weighted by atomic mass is 35.5. The minimum absolute atomic E-state index is 0.250. The Hall–Kier alpha value is -2.74. The summed E-state index contributed by atoms with van der Waals surface area (Å²) in [6.45, 7) is 5.98. The third kappa shape index (κ3) is 5.89. The number of pyridine rings is 1. The summed E-state index contributed by atoms with van der Waals surface area (Å²) in [5.41, 5.74) is 1.45. The first-order valence-corrected chi connectivity index (χ1v) is 10.4. The van der Waals surface area contributed by atoms with Crippen molar-refractivity contribution in [3.63, 3.8) is 0 Å². The van der Waals surface area contributed by atoms with Crippen LogP contribution in [-0.4, -0.2) is 37.6 Å². The molecule has 3 heterocycles. The van der Waals surface area contributed by atoms with Crippen molar-refractivity contribution >= 4 is 34.9 Å². The summed E-state index contributed by atoms with van der Waals surface area (Å²) in [6, 6.07) is 2.05. The van der Waals surface area contributed by atoms with Gasteiger partial charge in [-0.1, -0.05) is 45.2 Å². The number of hydrogen-bond acceptors (Lipinski definition) is 5. The number of carboxylic acid groups (broad SMARTS) is 1. The van der Waals surface area contributed by atoms with Gasteiger partial charge < -0.3 is 15.4 Å². The summed E-state index contributed by atoms with van der Waals surface area (Å²) in [5.74, 6) is 0.923. The fourth-order valence-corrected chi connectivity index (χ4v) is 3.68. The van der Waals surface area contributed by atoms with Crippen LogP contribution in [0.25, 0.3) is 22.4 Å². The van der Waals surface area contributed by atoms with Crippen molar-refractivity contribution in [2.75, 3.05) is 5.32 Å². The van der Waals surface area contributed by atoms with Gasteiger partial charge in [0, 0.05) is 29.4 Å². The number of hydrogen-bond donors (Lipinski definition) is 3. The first-order valence-electron chi connectivity index (χ1n) is 10.0. The van der Waals surface area contributed by atoms with Crippen molar-refractivity contribution in [3.8, 4) is 11.4 Å². The highest BCUT2D eigenvalue weighted by Crippen LogP contribution is 2.30. The van der Waals surface area contributed by atoms with Crippen LogP contribution in [0.2, 0.25) is 5.02 Å². The molecule has 1 aliphatic carbocycles. The van der Waals surface area contributed by atoms with Gasteiger partial charge in [0.15, 0.2) is 17.5 Å². The van der Waals surface area contributed by atoms with Gasteiger partial charge in [0.05, 0.1) is 11.2 Å². The van der Waals surface area contributed by atoms with Crippen LogP contribution in [0, 0.1) is 11.7 Å². The van der Waals surface area contributed by atoms with E-state index in [1.165, 1.54) is 12.6 Å². The molecule has 9 heteroatoms. The van der Waals surface area contributed by atoms with Crippen LogP contribution in [0.1, 0.15) is 46.5 Å². The van der Waals surface area contributed by atoms with E-state index >= 15 is 0 Å². The summed E-state index contributed by atoms with van der Waals surface area (Å²) >= 11 is 6.04. The molecule has 1 saturated carbocycles. The molecular formula is C21H27ClFN5O2. The second-order valence-electron chi connectivity index (χ2n) is 6.86. The van der Waals surface area contributed by atoms with Crippen molar-refractivity contribution in [3.05, 3.63) is 35.5 Å². The maximum atomic E-state index is 14.2. The van der Waals surface area contributed by atoms with Crippen molar-refractivity contribution < 1.29 is 14.3 Å². The van der Waals surface area contributed by atoms with Crippen LogP contribution in [-0.2, 0) is 4.79 Å². The SMILES string of the molecule is CC.CC1CCCC(Nc2nc(-c3c[nH]c4ncc(Cl)cc34)ncc2F)C1.O=CO. The first kappa shape index (κ1) is 23.5. The largest absolute Gasteiger partial charge is 0.483 e. The maximum absolute atomic E-state index is 14.2. The molecule has 30 heavy (non-hydrogen) atoms. The molecule has 2 atom stereocenters. The molecule has 1 fully saturated rings. The van der Waals surface area contributed by atoms with E-state index in [1.807, 2.05) is 13.8 Å². The zero-order chi connectivity index (χ0) is 22.1. The van der Waals surface area contributed by atoms with Crippen LogP contribution in [0.5, 0.6) is 0 Å². The second kappa shape index (κ2) is 11.4. The Kier molecular flexibility index (Phi) is 8.98. The van der Waals surface area contributed by atoms with E-state index in [1.54, 1.807) is 18.5 Å². The molecule has 0 spiro atoms. The number of halogens is 2. The van der Waals surface area contributed by atoms with Crippen molar-refractivity contribution in [2.45, 2.75) is 52.5 Å². The Morgan fingerprint density at radius 1 is 1.30 bits per heavy atom. The van der Waals surface area contributed by atoms with E-state index in [0.717, 1.165) is 30.2 Å². The van der Waals surface area contributed by atoms with E-state index in [9.17, 15) is 4.39 Å². The number of aromatic nitrogens is 4. The number of nitrogens with one attached hydrogen (secondary N) is 2. The summed E-state index contributed by atoms with van der Waals surface area (Å²) in [5, 5.41) is 11.5. The Labute approximate surface area is 180 Å². The molecule has 4 rings (SSSR count). The molecule has 3 N–H and O–H groups in total. The molecule has 0 saturated heterocycles. The van der Waals surface area contributed by atoms with Crippen LogP contribution in [0.15, 0.2) is 24.7 Å². The van der Waals surface area contributed by atoms with E-state index in [0.29, 0.717) is 22.4 Å². The fourth-order valence-electron chi connectivity index (χ4n) is 3.52. The number of nitrogens with zero attached hydrogens (tertiary/aromatic N) is 3. The lowest BCUT2D eigenvalue weighted by molar-refractivity contribution is -0.122. The molecule has 2 unspecified atom stereocenters. The summed E-state index contributed by atoms with van der Waals surface area (Å²) in [7, 11) is 0. The quantitative estimate of drug-likeness (QED) is 0.467. The normalized spacial score (nSPS) is 17.9. The van der Waals surface area contributed by atoms with Gasteiger partial charge >= 0.3 is 0 Å². The average molecular weight is 436 g/mol. The van der Waals surface area contributed by atoms with Crippen LogP contribution in [0.3, 0.4) is 0 Å². The molecule has 0 amide bonds. The zero-order valence-corrected chi connectivity index (χ0v) is 18.1. The van der Waals surface area contributed by atoms with E-state index in [2.05, 4.69) is 32.2 Å². The predicted octanol–water partition coefficient (Wildman–Crippen LogP) is 5.53. The molecule has 1 aliphatic rings.